The number of amides is 1. The predicted molar refractivity (Wildman–Crippen MR) is 90.8 cm³/mol. The highest BCUT2D eigenvalue weighted by molar-refractivity contribution is 5.91. The second kappa shape index (κ2) is 6.62. The zero-order chi connectivity index (χ0) is 18.9. The molecule has 0 aliphatic rings. The largest absolute Gasteiger partial charge is 0.416 e. The minimum absolute atomic E-state index is 0.00427. The fourth-order valence-corrected chi connectivity index (χ4v) is 2.62. The lowest BCUT2D eigenvalue weighted by Crippen LogP contribution is -2.30. The molecule has 3 rings (SSSR count). The SMILES string of the molecule is Cc1nn(CC(=O)Nc2cccc(C(F)(F)F)c2)c(=O)c2ccccc12. The lowest BCUT2D eigenvalue weighted by atomic mass is 10.1. The lowest BCUT2D eigenvalue weighted by molar-refractivity contribution is -0.137. The first-order valence-corrected chi connectivity index (χ1v) is 7.69. The highest BCUT2D eigenvalue weighted by Crippen LogP contribution is 2.30. The van der Waals surface area contributed by atoms with Gasteiger partial charge in [-0.3, -0.25) is 9.59 Å². The van der Waals surface area contributed by atoms with E-state index in [9.17, 15) is 22.8 Å². The molecule has 0 unspecified atom stereocenters. The summed E-state index contributed by atoms with van der Waals surface area (Å²) in [6, 6.07) is 11.2. The van der Waals surface area contributed by atoms with E-state index >= 15 is 0 Å². The van der Waals surface area contributed by atoms with E-state index < -0.39 is 29.8 Å². The Labute approximate surface area is 146 Å². The molecule has 0 aliphatic carbocycles. The molecule has 0 fully saturated rings. The third kappa shape index (κ3) is 3.58. The van der Waals surface area contributed by atoms with Gasteiger partial charge in [0.05, 0.1) is 16.6 Å². The summed E-state index contributed by atoms with van der Waals surface area (Å²) in [6.07, 6.45) is -4.51. The maximum absolute atomic E-state index is 12.7. The van der Waals surface area contributed by atoms with Gasteiger partial charge >= 0.3 is 6.18 Å². The number of nitrogens with one attached hydrogen (secondary N) is 1. The Morgan fingerprint density at radius 3 is 2.50 bits per heavy atom. The molecule has 3 aromatic rings. The van der Waals surface area contributed by atoms with E-state index in [1.807, 2.05) is 0 Å². The number of halogens is 3. The molecule has 0 radical (unpaired) electrons. The molecule has 2 aromatic carbocycles. The molecular formula is C18H14F3N3O2. The quantitative estimate of drug-likeness (QED) is 0.778. The Morgan fingerprint density at radius 1 is 1.12 bits per heavy atom. The van der Waals surface area contributed by atoms with Crippen molar-refractivity contribution in [1.82, 2.24) is 9.78 Å². The van der Waals surface area contributed by atoms with Crippen molar-refractivity contribution in [3.8, 4) is 0 Å². The van der Waals surface area contributed by atoms with E-state index in [0.29, 0.717) is 16.5 Å². The molecule has 1 N–H and O–H groups in total. The second-order valence-corrected chi connectivity index (χ2v) is 5.72. The number of rotatable bonds is 3. The number of aromatic nitrogens is 2. The Hall–Kier alpha value is -3.16. The molecule has 0 aliphatic heterocycles. The monoisotopic (exact) mass is 361 g/mol. The fourth-order valence-electron chi connectivity index (χ4n) is 2.62. The molecule has 26 heavy (non-hydrogen) atoms. The Kier molecular flexibility index (Phi) is 4.50. The van der Waals surface area contributed by atoms with Crippen molar-refractivity contribution in [2.45, 2.75) is 19.6 Å². The van der Waals surface area contributed by atoms with Gasteiger partial charge in [-0.25, -0.2) is 4.68 Å². The molecule has 1 aromatic heterocycles. The summed E-state index contributed by atoms with van der Waals surface area (Å²) in [6.45, 7) is 1.31. The maximum atomic E-state index is 12.7. The van der Waals surface area contributed by atoms with Gasteiger partial charge in [-0.15, -0.1) is 0 Å². The second-order valence-electron chi connectivity index (χ2n) is 5.72. The van der Waals surface area contributed by atoms with Crippen LogP contribution in [-0.2, 0) is 17.5 Å². The number of carbonyl (C=O) groups is 1. The molecule has 0 bridgehead atoms. The number of nitrogens with zero attached hydrogens (tertiary/aromatic N) is 2. The van der Waals surface area contributed by atoms with Crippen molar-refractivity contribution >= 4 is 22.4 Å². The number of fused-ring (bicyclic) bond motifs is 1. The van der Waals surface area contributed by atoms with E-state index in [-0.39, 0.29) is 5.69 Å². The summed E-state index contributed by atoms with van der Waals surface area (Å²) >= 11 is 0. The van der Waals surface area contributed by atoms with Crippen LogP contribution in [0.2, 0.25) is 0 Å². The van der Waals surface area contributed by atoms with Gasteiger partial charge < -0.3 is 5.32 Å². The van der Waals surface area contributed by atoms with E-state index in [2.05, 4.69) is 10.4 Å². The van der Waals surface area contributed by atoms with Gasteiger partial charge in [0.25, 0.3) is 5.56 Å². The van der Waals surface area contributed by atoms with Crippen LogP contribution >= 0.6 is 0 Å². The average molecular weight is 361 g/mol. The normalized spacial score (nSPS) is 11.5. The van der Waals surface area contributed by atoms with Crippen LogP contribution in [0.4, 0.5) is 18.9 Å². The van der Waals surface area contributed by atoms with E-state index in [4.69, 9.17) is 0 Å². The van der Waals surface area contributed by atoms with Crippen LogP contribution in [0.15, 0.2) is 53.3 Å². The Bertz CT molecular complexity index is 1040. The number of alkyl halides is 3. The van der Waals surface area contributed by atoms with Crippen LogP contribution in [0.5, 0.6) is 0 Å². The molecule has 1 amide bonds. The minimum Gasteiger partial charge on any atom is -0.324 e. The van der Waals surface area contributed by atoms with E-state index in [0.717, 1.165) is 16.8 Å². The molecule has 0 spiro atoms. The summed E-state index contributed by atoms with van der Waals surface area (Å²) in [5.41, 5.74) is -0.736. The topological polar surface area (TPSA) is 64.0 Å². The van der Waals surface area contributed by atoms with Gasteiger partial charge in [0, 0.05) is 11.1 Å². The van der Waals surface area contributed by atoms with Crippen molar-refractivity contribution in [2.75, 3.05) is 5.32 Å². The van der Waals surface area contributed by atoms with Gasteiger partial charge in [0.2, 0.25) is 5.91 Å². The number of hydrogen-bond donors (Lipinski definition) is 1. The summed E-state index contributed by atoms with van der Waals surface area (Å²) in [5.74, 6) is -0.645. The summed E-state index contributed by atoms with van der Waals surface area (Å²) < 4.78 is 39.2. The molecular weight excluding hydrogens is 347 g/mol. The van der Waals surface area contributed by atoms with Gasteiger partial charge in [-0.2, -0.15) is 18.3 Å². The Morgan fingerprint density at radius 2 is 1.81 bits per heavy atom. The summed E-state index contributed by atoms with van der Waals surface area (Å²) in [4.78, 5) is 24.6. The average Bonchev–Trinajstić information content (AvgIpc) is 2.59. The van der Waals surface area contributed by atoms with Crippen LogP contribution in [0.25, 0.3) is 10.8 Å². The van der Waals surface area contributed by atoms with Crippen LogP contribution in [0, 0.1) is 6.92 Å². The number of hydrogen-bond acceptors (Lipinski definition) is 3. The highest BCUT2D eigenvalue weighted by atomic mass is 19.4. The fraction of sp³-hybridized carbons (Fsp3) is 0.167. The minimum atomic E-state index is -4.51. The zero-order valence-corrected chi connectivity index (χ0v) is 13.7. The van der Waals surface area contributed by atoms with E-state index in [1.54, 1.807) is 31.2 Å². The van der Waals surface area contributed by atoms with Gasteiger partial charge in [-0.1, -0.05) is 24.3 Å². The predicted octanol–water partition coefficient (Wildman–Crippen LogP) is 3.36. The van der Waals surface area contributed by atoms with Crippen LogP contribution in [0.1, 0.15) is 11.3 Å². The highest BCUT2D eigenvalue weighted by Gasteiger charge is 2.30. The molecule has 134 valence electrons. The molecule has 0 saturated heterocycles. The molecule has 0 saturated carbocycles. The maximum Gasteiger partial charge on any atom is 0.416 e. The summed E-state index contributed by atoms with van der Waals surface area (Å²) in [7, 11) is 0. The standard InChI is InChI=1S/C18H14F3N3O2/c1-11-14-7-2-3-8-15(14)17(26)24(23-11)10-16(25)22-13-6-4-5-12(9-13)18(19,20)21/h2-9H,10H2,1H3,(H,22,25). The number of aryl methyl sites for hydroxylation is 1. The Balaban J connectivity index is 1.84. The van der Waals surface area contributed by atoms with Crippen LogP contribution < -0.4 is 10.9 Å². The molecule has 5 nitrogen and oxygen atoms in total. The van der Waals surface area contributed by atoms with Crippen molar-refractivity contribution in [1.29, 1.82) is 0 Å². The van der Waals surface area contributed by atoms with Crippen molar-refractivity contribution in [3.63, 3.8) is 0 Å². The first-order valence-electron chi connectivity index (χ1n) is 7.69. The number of carbonyl (C=O) groups excluding carboxylic acids is 1. The van der Waals surface area contributed by atoms with Crippen molar-refractivity contribution in [2.24, 2.45) is 0 Å². The number of anilines is 1. The van der Waals surface area contributed by atoms with Crippen molar-refractivity contribution in [3.05, 3.63) is 70.1 Å². The van der Waals surface area contributed by atoms with Gasteiger partial charge in [-0.05, 0) is 31.2 Å². The van der Waals surface area contributed by atoms with E-state index in [1.165, 1.54) is 12.1 Å². The first-order chi connectivity index (χ1) is 12.3. The van der Waals surface area contributed by atoms with Gasteiger partial charge in [0.1, 0.15) is 6.54 Å². The third-order valence-corrected chi connectivity index (χ3v) is 3.82. The van der Waals surface area contributed by atoms with Crippen LogP contribution in [0.3, 0.4) is 0 Å². The van der Waals surface area contributed by atoms with Crippen molar-refractivity contribution < 1.29 is 18.0 Å². The third-order valence-electron chi connectivity index (χ3n) is 3.82. The van der Waals surface area contributed by atoms with Crippen LogP contribution in [-0.4, -0.2) is 15.7 Å². The zero-order valence-electron chi connectivity index (χ0n) is 13.7. The number of benzene rings is 2. The smallest absolute Gasteiger partial charge is 0.324 e. The lowest BCUT2D eigenvalue weighted by Gasteiger charge is -2.11. The first kappa shape index (κ1) is 17.7. The summed E-state index contributed by atoms with van der Waals surface area (Å²) in [5, 5.41) is 7.57. The van der Waals surface area contributed by atoms with Gasteiger partial charge in [0.15, 0.2) is 0 Å². The molecule has 0 atom stereocenters. The molecule has 1 heterocycles. The molecule has 8 heteroatoms.